The highest BCUT2D eigenvalue weighted by Gasteiger charge is 2.24. The quantitative estimate of drug-likeness (QED) is 0.340. The van der Waals surface area contributed by atoms with Gasteiger partial charge in [-0.1, -0.05) is 38.0 Å². The van der Waals surface area contributed by atoms with Gasteiger partial charge in [0, 0.05) is 18.7 Å². The molecule has 0 bridgehead atoms. The number of carbonyl (C=O) groups excluding carboxylic acids is 2. The number of carbonyl (C=O) groups is 2. The molecule has 194 valence electrons. The van der Waals surface area contributed by atoms with Crippen molar-refractivity contribution in [3.63, 3.8) is 0 Å². The maximum Gasteiger partial charge on any atom is 0.325 e. The first-order valence-electron chi connectivity index (χ1n) is 11.8. The van der Waals surface area contributed by atoms with Gasteiger partial charge >= 0.3 is 5.97 Å². The summed E-state index contributed by atoms with van der Waals surface area (Å²) >= 11 is 1.07. The number of methoxy groups -OCH3 is 1. The van der Waals surface area contributed by atoms with E-state index in [2.05, 4.69) is 4.99 Å². The molecule has 1 amide bonds. The van der Waals surface area contributed by atoms with Gasteiger partial charge in [0.25, 0.3) is 5.91 Å². The minimum atomic E-state index is -3.69. The number of sulfonamides is 1. The van der Waals surface area contributed by atoms with Gasteiger partial charge < -0.3 is 9.30 Å². The monoisotopic (exact) mass is 535 g/mol. The number of rotatable bonds is 11. The summed E-state index contributed by atoms with van der Waals surface area (Å²) in [5, 5.41) is 0. The van der Waals surface area contributed by atoms with E-state index in [0.29, 0.717) is 23.3 Å². The van der Waals surface area contributed by atoms with Crippen LogP contribution in [0.15, 0.2) is 52.4 Å². The van der Waals surface area contributed by atoms with Crippen molar-refractivity contribution in [3.8, 4) is 0 Å². The first-order valence-corrected chi connectivity index (χ1v) is 14.0. The third-order valence-electron chi connectivity index (χ3n) is 5.62. The lowest BCUT2D eigenvalue weighted by Gasteiger charge is -2.22. The summed E-state index contributed by atoms with van der Waals surface area (Å²) in [6, 6.07) is 9.74. The Hall–Kier alpha value is -2.89. The van der Waals surface area contributed by atoms with Crippen LogP contribution in [0.4, 0.5) is 4.39 Å². The van der Waals surface area contributed by atoms with Crippen LogP contribution in [0, 0.1) is 5.82 Å². The Kier molecular flexibility index (Phi) is 9.52. The number of unbranched alkanes of at least 4 members (excludes halogenated alkanes) is 2. The maximum atomic E-state index is 13.7. The molecule has 3 rings (SSSR count). The molecule has 0 saturated heterocycles. The minimum Gasteiger partial charge on any atom is -0.468 e. The van der Waals surface area contributed by atoms with Gasteiger partial charge in [-0.05, 0) is 55.3 Å². The Morgan fingerprint density at radius 2 is 1.69 bits per heavy atom. The van der Waals surface area contributed by atoms with Crippen LogP contribution in [0.2, 0.25) is 0 Å². The van der Waals surface area contributed by atoms with E-state index >= 15 is 0 Å². The number of amides is 1. The van der Waals surface area contributed by atoms with Crippen LogP contribution in [-0.4, -0.2) is 49.4 Å². The topological polar surface area (TPSA) is 98.0 Å². The molecule has 0 radical (unpaired) electrons. The van der Waals surface area contributed by atoms with Crippen molar-refractivity contribution in [2.75, 3.05) is 20.2 Å². The minimum absolute atomic E-state index is 0.115. The number of hydrogen-bond acceptors (Lipinski definition) is 6. The highest BCUT2D eigenvalue weighted by atomic mass is 32.2. The Morgan fingerprint density at radius 3 is 2.28 bits per heavy atom. The van der Waals surface area contributed by atoms with Crippen LogP contribution in [0.1, 0.15) is 49.9 Å². The molecule has 1 aromatic heterocycles. The first-order chi connectivity index (χ1) is 17.2. The van der Waals surface area contributed by atoms with Crippen LogP contribution in [-0.2, 0) is 26.1 Å². The van der Waals surface area contributed by atoms with Gasteiger partial charge in [-0.3, -0.25) is 9.59 Å². The first kappa shape index (κ1) is 27.7. The fraction of sp³-hybridized carbons (Fsp3) is 0.400. The SMILES string of the molecule is CCCCN(CCCC)S(=O)(=O)c1ccc(C(=O)N=c2sc3cc(F)ccc3n2CC(=O)OC)cc1. The molecule has 0 atom stereocenters. The summed E-state index contributed by atoms with van der Waals surface area (Å²) in [7, 11) is -2.44. The number of aromatic nitrogens is 1. The number of halogens is 1. The van der Waals surface area contributed by atoms with E-state index in [1.807, 2.05) is 13.8 Å². The fourth-order valence-electron chi connectivity index (χ4n) is 3.57. The lowest BCUT2D eigenvalue weighted by molar-refractivity contribution is -0.141. The van der Waals surface area contributed by atoms with E-state index in [1.54, 1.807) is 0 Å². The van der Waals surface area contributed by atoms with Crippen LogP contribution >= 0.6 is 11.3 Å². The lowest BCUT2D eigenvalue weighted by Crippen LogP contribution is -2.33. The number of nitrogens with zero attached hydrogens (tertiary/aromatic N) is 3. The average molecular weight is 536 g/mol. The van der Waals surface area contributed by atoms with Crippen LogP contribution in [0.25, 0.3) is 10.2 Å². The van der Waals surface area contributed by atoms with Crippen LogP contribution < -0.4 is 4.80 Å². The largest absolute Gasteiger partial charge is 0.468 e. The molecule has 2 aromatic carbocycles. The molecular formula is C25H30FN3O5S2. The summed E-state index contributed by atoms with van der Waals surface area (Å²) in [6.07, 6.45) is 3.30. The molecule has 8 nitrogen and oxygen atoms in total. The van der Waals surface area contributed by atoms with E-state index in [0.717, 1.165) is 37.0 Å². The number of hydrogen-bond donors (Lipinski definition) is 0. The van der Waals surface area contributed by atoms with Crippen LogP contribution in [0.5, 0.6) is 0 Å². The molecule has 3 aromatic rings. The molecule has 0 spiro atoms. The number of benzene rings is 2. The molecule has 0 aliphatic rings. The summed E-state index contributed by atoms with van der Waals surface area (Å²) in [4.78, 5) is 29.3. The molecule has 36 heavy (non-hydrogen) atoms. The maximum absolute atomic E-state index is 13.7. The second-order valence-corrected chi connectivity index (χ2v) is 11.2. The fourth-order valence-corrected chi connectivity index (χ4v) is 6.14. The van der Waals surface area contributed by atoms with Gasteiger partial charge in [-0.15, -0.1) is 0 Å². The van der Waals surface area contributed by atoms with Crippen molar-refractivity contribution in [1.29, 1.82) is 0 Å². The highest BCUT2D eigenvalue weighted by Crippen LogP contribution is 2.20. The molecule has 0 N–H and O–H groups in total. The Bertz CT molecular complexity index is 1390. The van der Waals surface area contributed by atoms with Crippen LogP contribution in [0.3, 0.4) is 0 Å². The van der Waals surface area contributed by atoms with Gasteiger partial charge in [-0.2, -0.15) is 9.30 Å². The average Bonchev–Trinajstić information content (AvgIpc) is 3.19. The number of esters is 1. The number of thiazole rings is 1. The van der Waals surface area contributed by atoms with Crippen molar-refractivity contribution in [2.24, 2.45) is 4.99 Å². The zero-order chi connectivity index (χ0) is 26.3. The molecule has 0 aliphatic heterocycles. The Morgan fingerprint density at radius 1 is 1.06 bits per heavy atom. The standard InChI is InChI=1S/C25H30FN3O5S2/c1-4-6-14-28(15-7-5-2)36(32,33)20-11-8-18(9-12-20)24(31)27-25-29(17-23(30)34-3)21-13-10-19(26)16-22(21)35-25/h8-13,16H,4-7,14-15,17H2,1-3H3. The predicted octanol–water partition coefficient (Wildman–Crippen LogP) is 4.35. The zero-order valence-electron chi connectivity index (χ0n) is 20.6. The van der Waals surface area contributed by atoms with Gasteiger partial charge in [0.05, 0.1) is 22.2 Å². The zero-order valence-corrected chi connectivity index (χ0v) is 22.2. The second kappa shape index (κ2) is 12.4. The van der Waals surface area contributed by atoms with Crippen molar-refractivity contribution in [1.82, 2.24) is 8.87 Å². The summed E-state index contributed by atoms with van der Waals surface area (Å²) in [5.74, 6) is -1.60. The molecule has 0 unspecified atom stereocenters. The number of ether oxygens (including phenoxy) is 1. The van der Waals surface area contributed by atoms with Gasteiger partial charge in [0.1, 0.15) is 12.4 Å². The second-order valence-electron chi connectivity index (χ2n) is 8.21. The van der Waals surface area contributed by atoms with Crippen molar-refractivity contribution in [2.45, 2.75) is 51.0 Å². The van der Waals surface area contributed by atoms with Gasteiger partial charge in [-0.25, -0.2) is 12.8 Å². The Balaban J connectivity index is 1.93. The molecule has 0 saturated carbocycles. The van der Waals surface area contributed by atoms with Crippen molar-refractivity contribution < 1.29 is 27.1 Å². The third-order valence-corrected chi connectivity index (χ3v) is 8.57. The molecule has 11 heteroatoms. The van der Waals surface area contributed by atoms with E-state index in [1.165, 1.54) is 58.4 Å². The van der Waals surface area contributed by atoms with E-state index in [4.69, 9.17) is 4.74 Å². The van der Waals surface area contributed by atoms with E-state index in [-0.39, 0.29) is 21.8 Å². The molecule has 0 aliphatic carbocycles. The normalized spacial score (nSPS) is 12.4. The van der Waals surface area contributed by atoms with Crippen molar-refractivity contribution >= 4 is 43.5 Å². The lowest BCUT2D eigenvalue weighted by atomic mass is 10.2. The van der Waals surface area contributed by atoms with E-state index < -0.39 is 27.7 Å². The summed E-state index contributed by atoms with van der Waals surface area (Å²) < 4.78 is 48.3. The van der Waals surface area contributed by atoms with Gasteiger partial charge in [0.2, 0.25) is 10.0 Å². The summed E-state index contributed by atoms with van der Waals surface area (Å²) in [6.45, 7) is 4.72. The Labute approximate surface area is 214 Å². The number of fused-ring (bicyclic) bond motifs is 1. The smallest absolute Gasteiger partial charge is 0.325 e. The summed E-state index contributed by atoms with van der Waals surface area (Å²) in [5.41, 5.74) is 0.731. The van der Waals surface area contributed by atoms with Crippen molar-refractivity contribution in [3.05, 3.63) is 58.6 Å². The van der Waals surface area contributed by atoms with Gasteiger partial charge in [0.15, 0.2) is 4.80 Å². The highest BCUT2D eigenvalue weighted by molar-refractivity contribution is 7.89. The predicted molar refractivity (Wildman–Crippen MR) is 137 cm³/mol. The van der Waals surface area contributed by atoms with E-state index in [9.17, 15) is 22.4 Å². The molecule has 0 fully saturated rings. The molecular weight excluding hydrogens is 505 g/mol. The molecule has 1 heterocycles. The third kappa shape index (κ3) is 6.45.